The van der Waals surface area contributed by atoms with Crippen molar-refractivity contribution in [3.63, 3.8) is 0 Å². The molecule has 0 fully saturated rings. The van der Waals surface area contributed by atoms with E-state index >= 15 is 0 Å². The van der Waals surface area contributed by atoms with Gasteiger partial charge in [-0.1, -0.05) is 12.1 Å². The summed E-state index contributed by atoms with van der Waals surface area (Å²) < 4.78 is 10.5. The number of rotatable bonds is 6. The fraction of sp³-hybridized carbons (Fsp3) is 0.222. The minimum atomic E-state index is -1.06. The highest BCUT2D eigenvalue weighted by atomic mass is 16.5. The Bertz CT molecular complexity index is 770. The summed E-state index contributed by atoms with van der Waals surface area (Å²) in [6.45, 7) is 3.64. The van der Waals surface area contributed by atoms with Crippen molar-refractivity contribution in [2.24, 2.45) is 0 Å². The number of carbonyl (C=O) groups is 2. The molecule has 24 heavy (non-hydrogen) atoms. The molecule has 126 valence electrons. The molecule has 0 aliphatic carbocycles. The molecule has 0 saturated heterocycles. The van der Waals surface area contributed by atoms with Crippen molar-refractivity contribution in [2.45, 2.75) is 13.8 Å². The monoisotopic (exact) mass is 329 g/mol. The van der Waals surface area contributed by atoms with Crippen LogP contribution in [-0.4, -0.2) is 30.7 Å². The van der Waals surface area contributed by atoms with E-state index in [0.717, 1.165) is 16.8 Å². The molecule has 0 unspecified atom stereocenters. The van der Waals surface area contributed by atoms with E-state index in [1.807, 2.05) is 32.0 Å². The molecule has 6 nitrogen and oxygen atoms in total. The minimum Gasteiger partial charge on any atom is -0.493 e. The highest BCUT2D eigenvalue weighted by Crippen LogP contribution is 2.28. The van der Waals surface area contributed by atoms with Crippen LogP contribution in [0.1, 0.15) is 21.5 Å². The van der Waals surface area contributed by atoms with Crippen LogP contribution in [0, 0.1) is 13.8 Å². The molecule has 2 rings (SSSR count). The van der Waals surface area contributed by atoms with Crippen LogP contribution in [0.4, 0.5) is 5.69 Å². The third kappa shape index (κ3) is 4.25. The molecule has 6 heteroatoms. The Hall–Kier alpha value is -3.02. The van der Waals surface area contributed by atoms with E-state index in [-0.39, 0.29) is 23.8 Å². The average Bonchev–Trinajstić information content (AvgIpc) is 2.56. The molecular weight excluding hydrogens is 310 g/mol. The summed E-state index contributed by atoms with van der Waals surface area (Å²) in [5.74, 6) is -0.811. The first-order chi connectivity index (χ1) is 11.4. The number of anilines is 1. The summed E-state index contributed by atoms with van der Waals surface area (Å²) in [5.41, 5.74) is 2.82. The van der Waals surface area contributed by atoms with Gasteiger partial charge >= 0.3 is 5.97 Å². The van der Waals surface area contributed by atoms with Crippen LogP contribution < -0.4 is 14.8 Å². The predicted molar refractivity (Wildman–Crippen MR) is 90.0 cm³/mol. The Morgan fingerprint density at radius 2 is 1.83 bits per heavy atom. The van der Waals surface area contributed by atoms with Crippen molar-refractivity contribution in [1.29, 1.82) is 0 Å². The van der Waals surface area contributed by atoms with Gasteiger partial charge in [-0.2, -0.15) is 0 Å². The zero-order valence-electron chi connectivity index (χ0n) is 13.8. The van der Waals surface area contributed by atoms with E-state index in [9.17, 15) is 9.59 Å². The summed E-state index contributed by atoms with van der Waals surface area (Å²) in [6.07, 6.45) is 0. The number of amides is 1. The van der Waals surface area contributed by atoms with Gasteiger partial charge in [0.25, 0.3) is 5.91 Å². The number of methoxy groups -OCH3 is 1. The van der Waals surface area contributed by atoms with Crippen LogP contribution in [-0.2, 0) is 4.79 Å². The number of hydrogen-bond donors (Lipinski definition) is 2. The van der Waals surface area contributed by atoms with Gasteiger partial charge < -0.3 is 19.9 Å². The molecular formula is C18H19NO5. The first-order valence-electron chi connectivity index (χ1n) is 7.32. The Morgan fingerprint density at radius 1 is 1.08 bits per heavy atom. The molecule has 0 atom stereocenters. The van der Waals surface area contributed by atoms with Crippen molar-refractivity contribution in [1.82, 2.24) is 0 Å². The van der Waals surface area contributed by atoms with E-state index in [2.05, 4.69) is 5.32 Å². The number of nitrogens with one attached hydrogen (secondary N) is 1. The van der Waals surface area contributed by atoms with Crippen molar-refractivity contribution >= 4 is 17.6 Å². The second kappa shape index (κ2) is 7.50. The van der Waals surface area contributed by atoms with Crippen LogP contribution in [0.15, 0.2) is 36.4 Å². The molecule has 0 spiro atoms. The number of hydrogen-bond acceptors (Lipinski definition) is 4. The average molecular weight is 329 g/mol. The highest BCUT2D eigenvalue weighted by Gasteiger charge is 2.12. The molecule has 0 aliphatic heterocycles. The summed E-state index contributed by atoms with van der Waals surface area (Å²) in [4.78, 5) is 23.0. The lowest BCUT2D eigenvalue weighted by molar-refractivity contribution is -0.118. The number of ether oxygens (including phenoxy) is 2. The van der Waals surface area contributed by atoms with Gasteiger partial charge in [-0.15, -0.1) is 0 Å². The van der Waals surface area contributed by atoms with Crippen LogP contribution in [0.2, 0.25) is 0 Å². The Morgan fingerprint density at radius 3 is 2.50 bits per heavy atom. The van der Waals surface area contributed by atoms with E-state index in [0.29, 0.717) is 5.75 Å². The Kier molecular flexibility index (Phi) is 5.42. The lowest BCUT2D eigenvalue weighted by Crippen LogP contribution is -2.21. The first-order valence-corrected chi connectivity index (χ1v) is 7.32. The smallest absolute Gasteiger partial charge is 0.335 e. The zero-order chi connectivity index (χ0) is 17.7. The molecule has 0 bridgehead atoms. The van der Waals surface area contributed by atoms with Gasteiger partial charge in [-0.3, -0.25) is 4.79 Å². The quantitative estimate of drug-likeness (QED) is 0.851. The number of aryl methyl sites for hydroxylation is 2. The number of aromatic carboxylic acids is 1. The van der Waals surface area contributed by atoms with Crippen LogP contribution in [0.25, 0.3) is 0 Å². The summed E-state index contributed by atoms with van der Waals surface area (Å²) in [7, 11) is 1.41. The first kappa shape index (κ1) is 17.3. The molecule has 0 saturated carbocycles. The third-order valence-corrected chi connectivity index (χ3v) is 3.44. The van der Waals surface area contributed by atoms with Gasteiger partial charge in [-0.05, 0) is 49.2 Å². The molecule has 0 aliphatic rings. The van der Waals surface area contributed by atoms with Crippen molar-refractivity contribution in [2.75, 3.05) is 19.0 Å². The molecule has 0 aromatic heterocycles. The molecule has 0 radical (unpaired) electrons. The number of carboxylic acid groups (broad SMARTS) is 1. The largest absolute Gasteiger partial charge is 0.493 e. The summed E-state index contributed by atoms with van der Waals surface area (Å²) >= 11 is 0. The lowest BCUT2D eigenvalue weighted by Gasteiger charge is -2.12. The highest BCUT2D eigenvalue weighted by molar-refractivity contribution is 5.93. The normalized spacial score (nSPS) is 10.1. The summed E-state index contributed by atoms with van der Waals surface area (Å²) in [5, 5.41) is 11.8. The van der Waals surface area contributed by atoms with Crippen molar-refractivity contribution < 1.29 is 24.2 Å². The van der Waals surface area contributed by atoms with Crippen LogP contribution in [0.3, 0.4) is 0 Å². The molecule has 0 heterocycles. The van der Waals surface area contributed by atoms with Gasteiger partial charge in [-0.25, -0.2) is 4.79 Å². The van der Waals surface area contributed by atoms with Gasteiger partial charge in [0.1, 0.15) is 0 Å². The van der Waals surface area contributed by atoms with Gasteiger partial charge in [0.2, 0.25) is 0 Å². The SMILES string of the molecule is COc1cc(C(=O)O)ccc1OCC(=O)Nc1cc(C)ccc1C. The number of carbonyl (C=O) groups excluding carboxylic acids is 1. The van der Waals surface area contributed by atoms with Crippen molar-refractivity contribution in [3.05, 3.63) is 53.1 Å². The number of carboxylic acids is 1. The second-order valence-electron chi connectivity index (χ2n) is 5.33. The maximum atomic E-state index is 12.1. The van der Waals surface area contributed by atoms with E-state index in [4.69, 9.17) is 14.6 Å². The van der Waals surface area contributed by atoms with Gasteiger partial charge in [0.05, 0.1) is 12.7 Å². The standard InChI is InChI=1S/C18H19NO5/c1-11-4-5-12(2)14(8-11)19-17(20)10-24-15-7-6-13(18(21)22)9-16(15)23-3/h4-9H,10H2,1-3H3,(H,19,20)(H,21,22). The third-order valence-electron chi connectivity index (χ3n) is 3.44. The maximum Gasteiger partial charge on any atom is 0.335 e. The second-order valence-corrected chi connectivity index (χ2v) is 5.33. The Balaban J connectivity index is 2.03. The van der Waals surface area contributed by atoms with Gasteiger partial charge in [0.15, 0.2) is 18.1 Å². The fourth-order valence-electron chi connectivity index (χ4n) is 2.12. The maximum absolute atomic E-state index is 12.1. The zero-order valence-corrected chi connectivity index (χ0v) is 13.8. The predicted octanol–water partition coefficient (Wildman–Crippen LogP) is 3.03. The summed E-state index contributed by atoms with van der Waals surface area (Å²) in [6, 6.07) is 9.99. The van der Waals surface area contributed by atoms with E-state index < -0.39 is 5.97 Å². The van der Waals surface area contributed by atoms with Gasteiger partial charge in [0, 0.05) is 5.69 Å². The molecule has 1 amide bonds. The lowest BCUT2D eigenvalue weighted by atomic mass is 10.1. The van der Waals surface area contributed by atoms with Crippen LogP contribution in [0.5, 0.6) is 11.5 Å². The fourth-order valence-corrected chi connectivity index (χ4v) is 2.12. The molecule has 2 aromatic carbocycles. The Labute approximate surface area is 140 Å². The van der Waals surface area contributed by atoms with Crippen LogP contribution >= 0.6 is 0 Å². The molecule has 2 N–H and O–H groups in total. The topological polar surface area (TPSA) is 84.9 Å². The number of benzene rings is 2. The minimum absolute atomic E-state index is 0.0824. The van der Waals surface area contributed by atoms with E-state index in [1.54, 1.807) is 0 Å². The van der Waals surface area contributed by atoms with E-state index in [1.165, 1.54) is 25.3 Å². The molecule has 2 aromatic rings. The van der Waals surface area contributed by atoms with Crippen molar-refractivity contribution in [3.8, 4) is 11.5 Å².